The number of methoxy groups -OCH3 is 1. The lowest BCUT2D eigenvalue weighted by atomic mass is 10.2. The SMILES string of the molecule is COc1ccccc1OCc1cc(C(=O)NCC2CCCO2)no1. The van der Waals surface area contributed by atoms with Crippen LogP contribution in [0.4, 0.5) is 0 Å². The number of rotatable bonds is 7. The fourth-order valence-corrected chi connectivity index (χ4v) is 2.48. The predicted octanol–water partition coefficient (Wildman–Crippen LogP) is 2.17. The van der Waals surface area contributed by atoms with E-state index in [1.807, 2.05) is 12.1 Å². The Kier molecular flexibility index (Phi) is 5.32. The molecule has 2 heterocycles. The van der Waals surface area contributed by atoms with Crippen LogP contribution in [-0.4, -0.2) is 37.4 Å². The van der Waals surface area contributed by atoms with Crippen LogP contribution in [-0.2, 0) is 11.3 Å². The Bertz CT molecular complexity index is 679. The number of hydrogen-bond donors (Lipinski definition) is 1. The van der Waals surface area contributed by atoms with Crippen LogP contribution in [0.5, 0.6) is 11.5 Å². The fraction of sp³-hybridized carbons (Fsp3) is 0.412. The Hall–Kier alpha value is -2.54. The highest BCUT2D eigenvalue weighted by molar-refractivity contribution is 5.92. The number of carbonyl (C=O) groups is 1. The summed E-state index contributed by atoms with van der Waals surface area (Å²) in [5, 5.41) is 6.58. The molecule has 24 heavy (non-hydrogen) atoms. The number of amides is 1. The Morgan fingerprint density at radius 2 is 2.21 bits per heavy atom. The molecule has 3 rings (SSSR count). The van der Waals surface area contributed by atoms with Gasteiger partial charge >= 0.3 is 0 Å². The summed E-state index contributed by atoms with van der Waals surface area (Å²) in [6, 6.07) is 8.88. The van der Waals surface area contributed by atoms with Crippen LogP contribution in [0.1, 0.15) is 29.1 Å². The zero-order valence-electron chi connectivity index (χ0n) is 13.5. The molecule has 1 amide bonds. The van der Waals surface area contributed by atoms with E-state index in [2.05, 4.69) is 10.5 Å². The lowest BCUT2D eigenvalue weighted by molar-refractivity contribution is 0.0850. The summed E-state index contributed by atoms with van der Waals surface area (Å²) in [5.74, 6) is 1.41. The second-order valence-corrected chi connectivity index (χ2v) is 5.46. The molecule has 128 valence electrons. The molecular formula is C17H20N2O5. The number of ether oxygens (including phenoxy) is 3. The van der Waals surface area contributed by atoms with Gasteiger partial charge in [0, 0.05) is 19.2 Å². The van der Waals surface area contributed by atoms with Gasteiger partial charge in [0.2, 0.25) is 0 Å². The third-order valence-electron chi connectivity index (χ3n) is 3.74. The number of aromatic nitrogens is 1. The quantitative estimate of drug-likeness (QED) is 0.837. The van der Waals surface area contributed by atoms with Gasteiger partial charge in [0.1, 0.15) is 6.61 Å². The molecule has 1 fully saturated rings. The van der Waals surface area contributed by atoms with Crippen molar-refractivity contribution in [3.63, 3.8) is 0 Å². The molecule has 0 radical (unpaired) electrons. The molecule has 1 aliphatic heterocycles. The van der Waals surface area contributed by atoms with Crippen LogP contribution < -0.4 is 14.8 Å². The monoisotopic (exact) mass is 332 g/mol. The van der Waals surface area contributed by atoms with Gasteiger partial charge in [0.05, 0.1) is 13.2 Å². The maximum Gasteiger partial charge on any atom is 0.273 e. The zero-order chi connectivity index (χ0) is 16.8. The Morgan fingerprint density at radius 3 is 2.96 bits per heavy atom. The van der Waals surface area contributed by atoms with E-state index in [9.17, 15) is 4.79 Å². The van der Waals surface area contributed by atoms with E-state index in [1.165, 1.54) is 0 Å². The molecule has 1 unspecified atom stereocenters. The summed E-state index contributed by atoms with van der Waals surface area (Å²) in [6.07, 6.45) is 2.10. The largest absolute Gasteiger partial charge is 0.493 e. The van der Waals surface area contributed by atoms with Crippen LogP contribution in [0.2, 0.25) is 0 Å². The molecule has 7 nitrogen and oxygen atoms in total. The number of nitrogens with zero attached hydrogens (tertiary/aromatic N) is 1. The van der Waals surface area contributed by atoms with Gasteiger partial charge in [-0.2, -0.15) is 0 Å². The van der Waals surface area contributed by atoms with Gasteiger partial charge < -0.3 is 24.1 Å². The van der Waals surface area contributed by atoms with E-state index >= 15 is 0 Å². The van der Waals surface area contributed by atoms with Gasteiger partial charge in [-0.25, -0.2) is 0 Å². The molecule has 1 atom stereocenters. The molecule has 0 bridgehead atoms. The van der Waals surface area contributed by atoms with Crippen LogP contribution >= 0.6 is 0 Å². The lowest BCUT2D eigenvalue weighted by Crippen LogP contribution is -2.31. The molecule has 1 saturated heterocycles. The van der Waals surface area contributed by atoms with Gasteiger partial charge in [0.25, 0.3) is 5.91 Å². The summed E-state index contributed by atoms with van der Waals surface area (Å²) in [6.45, 7) is 1.40. The normalized spacial score (nSPS) is 16.8. The Balaban J connectivity index is 1.52. The van der Waals surface area contributed by atoms with Gasteiger partial charge in [-0.05, 0) is 25.0 Å². The van der Waals surface area contributed by atoms with E-state index < -0.39 is 0 Å². The summed E-state index contributed by atoms with van der Waals surface area (Å²) < 4.78 is 21.5. The molecule has 7 heteroatoms. The number of benzene rings is 1. The minimum Gasteiger partial charge on any atom is -0.493 e. The first-order valence-corrected chi connectivity index (χ1v) is 7.87. The smallest absolute Gasteiger partial charge is 0.273 e. The van der Waals surface area contributed by atoms with E-state index in [0.717, 1.165) is 19.4 Å². The van der Waals surface area contributed by atoms with Crippen molar-refractivity contribution < 1.29 is 23.5 Å². The Morgan fingerprint density at radius 1 is 1.38 bits per heavy atom. The van der Waals surface area contributed by atoms with Crippen molar-refractivity contribution in [1.82, 2.24) is 10.5 Å². The maximum atomic E-state index is 12.0. The third-order valence-corrected chi connectivity index (χ3v) is 3.74. The number of nitrogens with one attached hydrogen (secondary N) is 1. The first-order chi connectivity index (χ1) is 11.8. The predicted molar refractivity (Wildman–Crippen MR) is 85.1 cm³/mol. The van der Waals surface area contributed by atoms with Gasteiger partial charge in [-0.1, -0.05) is 17.3 Å². The number of carbonyl (C=O) groups excluding carboxylic acids is 1. The summed E-state index contributed by atoms with van der Waals surface area (Å²) in [7, 11) is 1.58. The van der Waals surface area contributed by atoms with Gasteiger partial charge in [0.15, 0.2) is 23.0 Å². The van der Waals surface area contributed by atoms with Crippen LogP contribution in [0.25, 0.3) is 0 Å². The number of para-hydroxylation sites is 2. The first kappa shape index (κ1) is 16.3. The van der Waals surface area contributed by atoms with E-state index in [0.29, 0.717) is 23.8 Å². The standard InChI is InChI=1S/C17H20N2O5/c1-21-15-6-2-3-7-16(15)23-11-13-9-14(19-24-13)17(20)18-10-12-5-4-8-22-12/h2-3,6-7,9,12H,4-5,8,10-11H2,1H3,(H,18,20). The topological polar surface area (TPSA) is 82.8 Å². The van der Waals surface area contributed by atoms with Gasteiger partial charge in [-0.15, -0.1) is 0 Å². The second-order valence-electron chi connectivity index (χ2n) is 5.46. The summed E-state index contributed by atoms with van der Waals surface area (Å²) in [5.41, 5.74) is 0.228. The molecule has 0 saturated carbocycles. The van der Waals surface area contributed by atoms with Crippen LogP contribution in [0.15, 0.2) is 34.9 Å². The van der Waals surface area contributed by atoms with Crippen molar-refractivity contribution in [3.8, 4) is 11.5 Å². The molecule has 1 N–H and O–H groups in total. The minimum absolute atomic E-state index is 0.0919. The van der Waals surface area contributed by atoms with E-state index in [1.54, 1.807) is 25.3 Å². The minimum atomic E-state index is -0.280. The average molecular weight is 332 g/mol. The van der Waals surface area contributed by atoms with Crippen molar-refractivity contribution in [1.29, 1.82) is 0 Å². The molecule has 0 spiro atoms. The van der Waals surface area contributed by atoms with E-state index in [-0.39, 0.29) is 24.3 Å². The molecule has 2 aromatic rings. The van der Waals surface area contributed by atoms with Crippen LogP contribution in [0.3, 0.4) is 0 Å². The summed E-state index contributed by atoms with van der Waals surface area (Å²) in [4.78, 5) is 12.0. The van der Waals surface area contributed by atoms with Gasteiger partial charge in [-0.3, -0.25) is 4.79 Å². The first-order valence-electron chi connectivity index (χ1n) is 7.87. The zero-order valence-corrected chi connectivity index (χ0v) is 13.5. The highest BCUT2D eigenvalue weighted by Gasteiger charge is 2.18. The molecule has 0 aliphatic carbocycles. The Labute approximate surface area is 139 Å². The molecular weight excluding hydrogens is 312 g/mol. The maximum absolute atomic E-state index is 12.0. The van der Waals surface area contributed by atoms with E-state index in [4.69, 9.17) is 18.7 Å². The second kappa shape index (κ2) is 7.83. The molecule has 1 aliphatic rings. The number of hydrogen-bond acceptors (Lipinski definition) is 6. The molecule has 1 aromatic carbocycles. The fourth-order valence-electron chi connectivity index (χ4n) is 2.48. The van der Waals surface area contributed by atoms with Crippen molar-refractivity contribution >= 4 is 5.91 Å². The van der Waals surface area contributed by atoms with Crippen LogP contribution in [0, 0.1) is 0 Å². The van der Waals surface area contributed by atoms with Crippen molar-refractivity contribution in [2.75, 3.05) is 20.3 Å². The van der Waals surface area contributed by atoms with Crippen molar-refractivity contribution in [2.45, 2.75) is 25.6 Å². The molecule has 1 aromatic heterocycles. The highest BCUT2D eigenvalue weighted by Crippen LogP contribution is 2.26. The lowest BCUT2D eigenvalue weighted by Gasteiger charge is -2.09. The summed E-state index contributed by atoms with van der Waals surface area (Å²) >= 11 is 0. The average Bonchev–Trinajstić information content (AvgIpc) is 3.30. The van der Waals surface area contributed by atoms with Crippen molar-refractivity contribution in [2.24, 2.45) is 0 Å². The highest BCUT2D eigenvalue weighted by atomic mass is 16.5. The van der Waals surface area contributed by atoms with Crippen molar-refractivity contribution in [3.05, 3.63) is 41.8 Å². The third kappa shape index (κ3) is 4.05.